The second-order valence-electron chi connectivity index (χ2n) is 7.57. The standard InChI is InChI=1S/C24H28Cl2N2O2S/c1-5-10-28-22(15-30-14-17-6-8-20(29-4)9-7-17)27-23(16(2)3)24(28)31-21-12-18(25)11-19(26)13-21/h6-9,11-13,16H,5,10,14-15H2,1-4H3. The molecule has 3 rings (SSSR count). The van der Waals surface area contributed by atoms with Gasteiger partial charge in [-0.3, -0.25) is 0 Å². The highest BCUT2D eigenvalue weighted by Gasteiger charge is 2.20. The zero-order chi connectivity index (χ0) is 22.4. The topological polar surface area (TPSA) is 36.3 Å². The molecular weight excluding hydrogens is 451 g/mol. The van der Waals surface area contributed by atoms with E-state index in [1.807, 2.05) is 36.4 Å². The molecule has 166 valence electrons. The molecule has 0 amide bonds. The fourth-order valence-electron chi connectivity index (χ4n) is 3.23. The van der Waals surface area contributed by atoms with Gasteiger partial charge in [-0.1, -0.05) is 67.9 Å². The average Bonchev–Trinajstić information content (AvgIpc) is 3.06. The van der Waals surface area contributed by atoms with Crippen LogP contribution >= 0.6 is 35.0 Å². The fraction of sp³-hybridized carbons (Fsp3) is 0.375. The van der Waals surface area contributed by atoms with Crippen molar-refractivity contribution in [1.82, 2.24) is 9.55 Å². The monoisotopic (exact) mass is 478 g/mol. The first-order chi connectivity index (χ1) is 14.9. The largest absolute Gasteiger partial charge is 0.497 e. The van der Waals surface area contributed by atoms with Crippen molar-refractivity contribution in [1.29, 1.82) is 0 Å². The molecule has 1 aromatic heterocycles. The first kappa shape index (κ1) is 24.0. The third-order valence-corrected chi connectivity index (χ3v) is 6.26. The molecule has 0 saturated heterocycles. The summed E-state index contributed by atoms with van der Waals surface area (Å²) in [5.74, 6) is 2.07. The van der Waals surface area contributed by atoms with Crippen LogP contribution in [0.5, 0.6) is 5.75 Å². The van der Waals surface area contributed by atoms with Gasteiger partial charge in [0.15, 0.2) is 0 Å². The van der Waals surface area contributed by atoms with Crippen molar-refractivity contribution in [2.75, 3.05) is 7.11 Å². The van der Waals surface area contributed by atoms with Crippen LogP contribution in [-0.2, 0) is 24.5 Å². The Kier molecular flexibility index (Phi) is 8.73. The van der Waals surface area contributed by atoms with Gasteiger partial charge >= 0.3 is 0 Å². The van der Waals surface area contributed by atoms with Gasteiger partial charge in [0.25, 0.3) is 0 Å². The number of imidazole rings is 1. The van der Waals surface area contributed by atoms with Gasteiger partial charge < -0.3 is 14.0 Å². The van der Waals surface area contributed by atoms with Crippen LogP contribution in [0.1, 0.15) is 50.2 Å². The molecule has 0 N–H and O–H groups in total. The number of hydrogen-bond donors (Lipinski definition) is 0. The molecule has 0 atom stereocenters. The van der Waals surface area contributed by atoms with Crippen molar-refractivity contribution < 1.29 is 9.47 Å². The molecule has 2 aromatic carbocycles. The van der Waals surface area contributed by atoms with Crippen LogP contribution in [0, 0.1) is 0 Å². The molecule has 7 heteroatoms. The Morgan fingerprint density at radius 2 is 1.71 bits per heavy atom. The predicted molar refractivity (Wildman–Crippen MR) is 129 cm³/mol. The lowest BCUT2D eigenvalue weighted by Gasteiger charge is -2.13. The van der Waals surface area contributed by atoms with Gasteiger partial charge in [0.1, 0.15) is 23.2 Å². The van der Waals surface area contributed by atoms with Gasteiger partial charge in [-0.2, -0.15) is 0 Å². The molecule has 0 spiro atoms. The summed E-state index contributed by atoms with van der Waals surface area (Å²) < 4.78 is 13.5. The minimum Gasteiger partial charge on any atom is -0.497 e. The molecule has 3 aromatic rings. The number of nitrogens with zero attached hydrogens (tertiary/aromatic N) is 2. The zero-order valence-corrected chi connectivity index (χ0v) is 20.7. The summed E-state index contributed by atoms with van der Waals surface area (Å²) in [6.07, 6.45) is 1.00. The molecular formula is C24H28Cl2N2O2S. The number of ether oxygens (including phenoxy) is 2. The average molecular weight is 479 g/mol. The summed E-state index contributed by atoms with van der Waals surface area (Å²) in [7, 11) is 1.66. The van der Waals surface area contributed by atoms with Crippen molar-refractivity contribution in [3.63, 3.8) is 0 Å². The van der Waals surface area contributed by atoms with Crippen molar-refractivity contribution in [2.45, 2.75) is 62.8 Å². The van der Waals surface area contributed by atoms with Gasteiger partial charge in [-0.25, -0.2) is 4.98 Å². The number of halogens is 2. The van der Waals surface area contributed by atoms with Crippen LogP contribution in [0.15, 0.2) is 52.4 Å². The first-order valence-corrected chi connectivity index (χ1v) is 11.9. The molecule has 1 heterocycles. The highest BCUT2D eigenvalue weighted by atomic mass is 35.5. The van der Waals surface area contributed by atoms with E-state index in [9.17, 15) is 0 Å². The van der Waals surface area contributed by atoms with E-state index >= 15 is 0 Å². The smallest absolute Gasteiger partial charge is 0.136 e. The molecule has 0 aliphatic heterocycles. The van der Waals surface area contributed by atoms with Gasteiger partial charge in [0, 0.05) is 21.5 Å². The number of rotatable bonds is 10. The summed E-state index contributed by atoms with van der Waals surface area (Å²) in [6.45, 7) is 8.33. The highest BCUT2D eigenvalue weighted by molar-refractivity contribution is 7.99. The number of benzene rings is 2. The van der Waals surface area contributed by atoms with E-state index in [1.54, 1.807) is 24.9 Å². The third kappa shape index (κ3) is 6.42. The van der Waals surface area contributed by atoms with E-state index in [1.165, 1.54) is 0 Å². The summed E-state index contributed by atoms with van der Waals surface area (Å²) in [4.78, 5) is 5.96. The minimum atomic E-state index is 0.288. The Morgan fingerprint density at radius 3 is 2.29 bits per heavy atom. The number of methoxy groups -OCH3 is 1. The second-order valence-corrected chi connectivity index (χ2v) is 9.51. The molecule has 0 aliphatic rings. The molecule has 0 bridgehead atoms. The lowest BCUT2D eigenvalue weighted by Crippen LogP contribution is -2.07. The number of aromatic nitrogens is 2. The quantitative estimate of drug-likeness (QED) is 0.300. The van der Waals surface area contributed by atoms with Gasteiger partial charge in [0.05, 0.1) is 19.4 Å². The summed E-state index contributed by atoms with van der Waals surface area (Å²) in [5.41, 5.74) is 2.17. The van der Waals surface area contributed by atoms with Crippen molar-refractivity contribution >= 4 is 35.0 Å². The molecule has 0 aliphatic carbocycles. The van der Waals surface area contributed by atoms with Crippen LogP contribution in [0.3, 0.4) is 0 Å². The van der Waals surface area contributed by atoms with Gasteiger partial charge in [-0.15, -0.1) is 0 Å². The first-order valence-electron chi connectivity index (χ1n) is 10.3. The lowest BCUT2D eigenvalue weighted by molar-refractivity contribution is 0.0987. The molecule has 4 nitrogen and oxygen atoms in total. The Labute approximate surface area is 198 Å². The van der Waals surface area contributed by atoms with Crippen LogP contribution in [0.4, 0.5) is 0 Å². The van der Waals surface area contributed by atoms with E-state index in [0.29, 0.717) is 23.3 Å². The van der Waals surface area contributed by atoms with Crippen LogP contribution in [0.25, 0.3) is 0 Å². The number of hydrogen-bond acceptors (Lipinski definition) is 4. The molecule has 31 heavy (non-hydrogen) atoms. The lowest BCUT2D eigenvalue weighted by atomic mass is 10.1. The summed E-state index contributed by atoms with van der Waals surface area (Å²) in [5, 5.41) is 2.38. The Hall–Kier alpha value is -1.66. The van der Waals surface area contributed by atoms with E-state index in [2.05, 4.69) is 25.3 Å². The maximum atomic E-state index is 6.22. The van der Waals surface area contributed by atoms with Gasteiger partial charge in [0.2, 0.25) is 0 Å². The van der Waals surface area contributed by atoms with E-state index < -0.39 is 0 Å². The maximum absolute atomic E-state index is 6.22. The van der Waals surface area contributed by atoms with E-state index in [4.69, 9.17) is 37.7 Å². The van der Waals surface area contributed by atoms with Crippen molar-refractivity contribution in [3.8, 4) is 5.75 Å². The van der Waals surface area contributed by atoms with Crippen molar-refractivity contribution in [3.05, 3.63) is 69.6 Å². The minimum absolute atomic E-state index is 0.288. The molecule has 0 fully saturated rings. The Balaban J connectivity index is 1.82. The van der Waals surface area contributed by atoms with Crippen LogP contribution in [0.2, 0.25) is 10.0 Å². The molecule has 0 unspecified atom stereocenters. The maximum Gasteiger partial charge on any atom is 0.136 e. The van der Waals surface area contributed by atoms with Crippen molar-refractivity contribution in [2.24, 2.45) is 0 Å². The third-order valence-electron chi connectivity index (χ3n) is 4.73. The predicted octanol–water partition coefficient (Wildman–Crippen LogP) is 7.60. The Bertz CT molecular complexity index is 983. The van der Waals surface area contributed by atoms with Gasteiger partial charge in [-0.05, 0) is 48.2 Å². The second kappa shape index (κ2) is 11.3. The fourth-order valence-corrected chi connectivity index (χ4v) is 5.17. The Morgan fingerprint density at radius 1 is 1.03 bits per heavy atom. The van der Waals surface area contributed by atoms with Crippen LogP contribution in [-0.4, -0.2) is 16.7 Å². The van der Waals surface area contributed by atoms with Crippen LogP contribution < -0.4 is 4.74 Å². The zero-order valence-electron chi connectivity index (χ0n) is 18.3. The summed E-state index contributed by atoms with van der Waals surface area (Å²) in [6, 6.07) is 13.5. The van der Waals surface area contributed by atoms with E-state index in [-0.39, 0.29) is 5.92 Å². The summed E-state index contributed by atoms with van der Waals surface area (Å²) >= 11 is 14.1. The molecule has 0 radical (unpaired) electrons. The SMILES string of the molecule is CCCn1c(COCc2ccc(OC)cc2)nc(C(C)C)c1Sc1cc(Cl)cc(Cl)c1. The highest BCUT2D eigenvalue weighted by Crippen LogP contribution is 2.37. The normalized spacial score (nSPS) is 11.3. The van der Waals surface area contributed by atoms with E-state index in [0.717, 1.165) is 45.7 Å². The molecule has 0 saturated carbocycles.